The minimum Gasteiger partial charge on any atom is -0.371 e. The van der Waals surface area contributed by atoms with Gasteiger partial charge in [-0.1, -0.05) is 0 Å². The molecule has 82 valence electrons. The summed E-state index contributed by atoms with van der Waals surface area (Å²) in [5.41, 5.74) is 2.27. The van der Waals surface area contributed by atoms with E-state index >= 15 is 0 Å². The second-order valence-corrected chi connectivity index (χ2v) is 4.00. The first kappa shape index (κ1) is 11.7. The lowest BCUT2D eigenvalue weighted by Crippen LogP contribution is -2.35. The van der Waals surface area contributed by atoms with E-state index in [4.69, 9.17) is 0 Å². The van der Waals surface area contributed by atoms with Crippen molar-refractivity contribution in [3.05, 3.63) is 22.9 Å². The number of ketones is 2. The van der Waals surface area contributed by atoms with Gasteiger partial charge in [0.2, 0.25) is 0 Å². The van der Waals surface area contributed by atoms with Crippen molar-refractivity contribution in [2.75, 3.05) is 7.05 Å². The van der Waals surface area contributed by atoms with Crippen LogP contribution in [0.1, 0.15) is 27.7 Å². The van der Waals surface area contributed by atoms with Gasteiger partial charge in [0.25, 0.3) is 0 Å². The molecule has 0 aromatic carbocycles. The summed E-state index contributed by atoms with van der Waals surface area (Å²) >= 11 is 0. The van der Waals surface area contributed by atoms with Gasteiger partial charge in [0.05, 0.1) is 6.04 Å². The summed E-state index contributed by atoms with van der Waals surface area (Å²) < 4.78 is 0. The average molecular weight is 207 g/mol. The fourth-order valence-corrected chi connectivity index (χ4v) is 1.82. The number of Topliss-reactive ketones (excluding diaryl/α,β-unsaturated/α-hetero) is 2. The van der Waals surface area contributed by atoms with Crippen molar-refractivity contribution in [3.8, 4) is 0 Å². The van der Waals surface area contributed by atoms with E-state index < -0.39 is 0 Å². The van der Waals surface area contributed by atoms with Gasteiger partial charge in [-0.2, -0.15) is 0 Å². The number of nitrogens with zero attached hydrogens (tertiary/aromatic N) is 1. The van der Waals surface area contributed by atoms with Crippen LogP contribution in [-0.2, 0) is 9.59 Å². The lowest BCUT2D eigenvalue weighted by Gasteiger charge is -2.33. The van der Waals surface area contributed by atoms with Gasteiger partial charge in [0.1, 0.15) is 0 Å². The van der Waals surface area contributed by atoms with Gasteiger partial charge in [-0.3, -0.25) is 9.59 Å². The molecule has 0 saturated carbocycles. The molecule has 15 heavy (non-hydrogen) atoms. The normalized spacial score (nSPS) is 21.5. The summed E-state index contributed by atoms with van der Waals surface area (Å²) in [4.78, 5) is 24.8. The highest BCUT2D eigenvalue weighted by molar-refractivity contribution is 6.02. The molecular weight excluding hydrogens is 190 g/mol. The summed E-state index contributed by atoms with van der Waals surface area (Å²) in [6.45, 7) is 6.93. The van der Waals surface area contributed by atoms with Gasteiger partial charge >= 0.3 is 0 Å². The maximum Gasteiger partial charge on any atom is 0.161 e. The Hall–Kier alpha value is -1.38. The van der Waals surface area contributed by atoms with Crippen LogP contribution < -0.4 is 0 Å². The smallest absolute Gasteiger partial charge is 0.161 e. The third-order valence-electron chi connectivity index (χ3n) is 3.04. The third kappa shape index (κ3) is 2.01. The molecule has 1 aliphatic rings. The Morgan fingerprint density at radius 1 is 1.27 bits per heavy atom. The topological polar surface area (TPSA) is 37.4 Å². The van der Waals surface area contributed by atoms with E-state index in [1.54, 1.807) is 6.08 Å². The molecule has 1 unspecified atom stereocenters. The van der Waals surface area contributed by atoms with E-state index in [1.165, 1.54) is 13.8 Å². The van der Waals surface area contributed by atoms with Crippen LogP contribution in [0.4, 0.5) is 0 Å². The molecule has 0 aromatic rings. The van der Waals surface area contributed by atoms with Gasteiger partial charge in [0, 0.05) is 23.9 Å². The fourth-order valence-electron chi connectivity index (χ4n) is 1.82. The van der Waals surface area contributed by atoms with Gasteiger partial charge in [-0.25, -0.2) is 0 Å². The quantitative estimate of drug-likeness (QED) is 0.691. The number of rotatable bonds is 2. The van der Waals surface area contributed by atoms with Crippen LogP contribution in [0.2, 0.25) is 0 Å². The van der Waals surface area contributed by atoms with Crippen LogP contribution in [-0.4, -0.2) is 29.6 Å². The van der Waals surface area contributed by atoms with Crippen molar-refractivity contribution in [2.45, 2.75) is 33.7 Å². The molecule has 0 N–H and O–H groups in total. The Kier molecular flexibility index (Phi) is 3.12. The highest BCUT2D eigenvalue weighted by Gasteiger charge is 2.25. The molecule has 0 bridgehead atoms. The number of hydrogen-bond donors (Lipinski definition) is 0. The number of likely N-dealkylation sites (N-methyl/N-ethyl adjacent to an activating group) is 1. The molecule has 1 atom stereocenters. The summed E-state index contributed by atoms with van der Waals surface area (Å²) in [7, 11) is 1.90. The van der Waals surface area contributed by atoms with Crippen LogP contribution in [0.5, 0.6) is 0 Å². The highest BCUT2D eigenvalue weighted by Crippen LogP contribution is 2.25. The summed E-state index contributed by atoms with van der Waals surface area (Å²) in [5.74, 6) is 0.0330. The summed E-state index contributed by atoms with van der Waals surface area (Å²) in [6.07, 6.45) is 1.73. The second kappa shape index (κ2) is 4.01. The van der Waals surface area contributed by atoms with E-state index in [2.05, 4.69) is 0 Å². The predicted molar refractivity (Wildman–Crippen MR) is 59.4 cm³/mol. The largest absolute Gasteiger partial charge is 0.371 e. The summed E-state index contributed by atoms with van der Waals surface area (Å²) in [6, 6.07) is 0.0469. The molecule has 3 heteroatoms. The summed E-state index contributed by atoms with van der Waals surface area (Å²) in [5, 5.41) is 0. The van der Waals surface area contributed by atoms with Crippen molar-refractivity contribution >= 4 is 11.6 Å². The molecular formula is C12H17NO2. The number of carbonyl (C=O) groups excluding carboxylic acids is 2. The zero-order valence-corrected chi connectivity index (χ0v) is 9.92. The van der Waals surface area contributed by atoms with E-state index in [-0.39, 0.29) is 17.6 Å². The van der Waals surface area contributed by atoms with E-state index in [1.807, 2.05) is 25.8 Å². The van der Waals surface area contributed by atoms with E-state index in [0.717, 1.165) is 5.70 Å². The Morgan fingerprint density at radius 3 is 2.20 bits per heavy atom. The molecule has 3 nitrogen and oxygen atoms in total. The first-order chi connectivity index (χ1) is 6.86. The van der Waals surface area contributed by atoms with Gasteiger partial charge in [-0.05, 0) is 33.8 Å². The molecule has 0 amide bonds. The zero-order chi connectivity index (χ0) is 11.7. The SMILES string of the molecule is CC(=O)C1=CC(C(C)=O)=C(C)N(C)C1C. The Labute approximate surface area is 90.5 Å². The Bertz CT molecular complexity index is 377. The number of allylic oxidation sites excluding steroid dienone is 3. The standard InChI is InChI=1S/C12H17NO2/c1-7-11(9(3)14)6-12(10(4)15)8(2)13(7)5/h6-7H,1-5H3. The van der Waals surface area contributed by atoms with Crippen LogP contribution in [0.25, 0.3) is 0 Å². The molecule has 1 rings (SSSR count). The fraction of sp³-hybridized carbons (Fsp3) is 0.500. The van der Waals surface area contributed by atoms with Gasteiger partial charge in [0.15, 0.2) is 11.6 Å². The van der Waals surface area contributed by atoms with Gasteiger partial charge < -0.3 is 4.90 Å². The molecule has 1 heterocycles. The Morgan fingerprint density at radius 2 is 1.80 bits per heavy atom. The van der Waals surface area contributed by atoms with Crippen molar-refractivity contribution < 1.29 is 9.59 Å². The lowest BCUT2D eigenvalue weighted by molar-refractivity contribution is -0.114. The van der Waals surface area contributed by atoms with Crippen LogP contribution in [0.15, 0.2) is 22.9 Å². The maximum atomic E-state index is 11.4. The second-order valence-electron chi connectivity index (χ2n) is 4.00. The molecule has 0 radical (unpaired) electrons. The van der Waals surface area contributed by atoms with Gasteiger partial charge in [-0.15, -0.1) is 0 Å². The van der Waals surface area contributed by atoms with Crippen LogP contribution in [0.3, 0.4) is 0 Å². The molecule has 0 aromatic heterocycles. The monoisotopic (exact) mass is 207 g/mol. The average Bonchev–Trinajstić information content (AvgIpc) is 2.13. The molecule has 0 saturated heterocycles. The Balaban J connectivity index is 3.27. The van der Waals surface area contributed by atoms with Crippen molar-refractivity contribution in [2.24, 2.45) is 0 Å². The predicted octanol–water partition coefficient (Wildman–Crippen LogP) is 1.70. The third-order valence-corrected chi connectivity index (χ3v) is 3.04. The first-order valence-electron chi connectivity index (χ1n) is 5.03. The number of hydrogen-bond acceptors (Lipinski definition) is 3. The first-order valence-corrected chi connectivity index (χ1v) is 5.03. The molecule has 1 aliphatic heterocycles. The van der Waals surface area contributed by atoms with E-state index in [9.17, 15) is 9.59 Å². The van der Waals surface area contributed by atoms with E-state index in [0.29, 0.717) is 11.1 Å². The lowest BCUT2D eigenvalue weighted by atomic mass is 9.93. The number of carbonyl (C=O) groups is 2. The van der Waals surface area contributed by atoms with Crippen molar-refractivity contribution in [1.29, 1.82) is 0 Å². The minimum absolute atomic E-state index is 0.00463. The maximum absolute atomic E-state index is 11.4. The molecule has 0 spiro atoms. The zero-order valence-electron chi connectivity index (χ0n) is 9.92. The van der Waals surface area contributed by atoms with Crippen LogP contribution in [0, 0.1) is 0 Å². The van der Waals surface area contributed by atoms with Crippen LogP contribution >= 0.6 is 0 Å². The van der Waals surface area contributed by atoms with Crippen molar-refractivity contribution in [3.63, 3.8) is 0 Å². The highest BCUT2D eigenvalue weighted by atomic mass is 16.1. The minimum atomic E-state index is 0.00463. The molecule has 0 aliphatic carbocycles. The molecule has 0 fully saturated rings. The van der Waals surface area contributed by atoms with Crippen molar-refractivity contribution in [1.82, 2.24) is 4.90 Å².